The van der Waals surface area contributed by atoms with E-state index in [9.17, 15) is 0 Å². The van der Waals surface area contributed by atoms with Crippen LogP contribution in [0, 0.1) is 0 Å². The third-order valence-electron chi connectivity index (χ3n) is 2.52. The van der Waals surface area contributed by atoms with Crippen LogP contribution in [0.2, 0.25) is 0 Å². The van der Waals surface area contributed by atoms with Crippen LogP contribution in [0.25, 0.3) is 0 Å². The Labute approximate surface area is 105 Å². The van der Waals surface area contributed by atoms with Gasteiger partial charge < -0.3 is 5.84 Å². The molecule has 0 saturated carbocycles. The zero-order valence-corrected chi connectivity index (χ0v) is 10.7. The third kappa shape index (κ3) is 3.00. The second-order valence-corrected chi connectivity index (χ2v) is 4.77. The summed E-state index contributed by atoms with van der Waals surface area (Å²) in [5, 5.41) is 8.89. The van der Waals surface area contributed by atoms with Crippen LogP contribution in [0.3, 0.4) is 0 Å². The molecule has 0 unspecified atom stereocenters. The van der Waals surface area contributed by atoms with Crippen LogP contribution in [-0.2, 0) is 12.8 Å². The zero-order valence-electron chi connectivity index (χ0n) is 9.84. The summed E-state index contributed by atoms with van der Waals surface area (Å²) in [7, 11) is 0. The summed E-state index contributed by atoms with van der Waals surface area (Å²) in [4.78, 5) is 0. The third-order valence-corrected chi connectivity index (χ3v) is 3.46. The van der Waals surface area contributed by atoms with Crippen molar-refractivity contribution in [2.75, 3.05) is 11.6 Å². The Kier molecular flexibility index (Phi) is 4.03. The Balaban J connectivity index is 1.88. The SMILES string of the molecule is CCc1nnc(SCCc2ccccc2)n1N. The van der Waals surface area contributed by atoms with E-state index >= 15 is 0 Å². The molecular formula is C12H16N4S. The minimum atomic E-state index is 0.790. The van der Waals surface area contributed by atoms with Crippen molar-refractivity contribution in [3.05, 3.63) is 41.7 Å². The van der Waals surface area contributed by atoms with E-state index in [0.717, 1.165) is 29.6 Å². The van der Waals surface area contributed by atoms with E-state index in [4.69, 9.17) is 5.84 Å². The first-order valence-corrected chi connectivity index (χ1v) is 6.66. The number of nitrogens with zero attached hydrogens (tertiary/aromatic N) is 3. The van der Waals surface area contributed by atoms with Gasteiger partial charge in [-0.05, 0) is 12.0 Å². The molecule has 0 radical (unpaired) electrons. The van der Waals surface area contributed by atoms with E-state index < -0.39 is 0 Å². The van der Waals surface area contributed by atoms with Crippen LogP contribution in [0.5, 0.6) is 0 Å². The van der Waals surface area contributed by atoms with Crippen LogP contribution in [0.4, 0.5) is 0 Å². The average molecular weight is 248 g/mol. The van der Waals surface area contributed by atoms with Gasteiger partial charge in [0.15, 0.2) is 5.82 Å². The minimum absolute atomic E-state index is 0.790. The molecule has 17 heavy (non-hydrogen) atoms. The molecule has 0 amide bonds. The highest BCUT2D eigenvalue weighted by molar-refractivity contribution is 7.99. The van der Waals surface area contributed by atoms with Crippen molar-refractivity contribution >= 4 is 11.8 Å². The summed E-state index contributed by atoms with van der Waals surface area (Å²) < 4.78 is 1.58. The van der Waals surface area contributed by atoms with E-state index in [0.29, 0.717) is 0 Å². The number of nitrogen functional groups attached to an aromatic ring is 1. The van der Waals surface area contributed by atoms with Crippen molar-refractivity contribution in [2.45, 2.75) is 24.9 Å². The van der Waals surface area contributed by atoms with Gasteiger partial charge in [0.25, 0.3) is 0 Å². The Morgan fingerprint density at radius 1 is 1.24 bits per heavy atom. The number of benzene rings is 1. The maximum atomic E-state index is 5.86. The molecule has 0 saturated heterocycles. The van der Waals surface area contributed by atoms with Crippen LogP contribution in [0.15, 0.2) is 35.5 Å². The fraction of sp³-hybridized carbons (Fsp3) is 0.333. The van der Waals surface area contributed by atoms with Gasteiger partial charge in [-0.3, -0.25) is 0 Å². The van der Waals surface area contributed by atoms with E-state index in [2.05, 4.69) is 34.5 Å². The molecule has 0 atom stereocenters. The van der Waals surface area contributed by atoms with Gasteiger partial charge in [0, 0.05) is 12.2 Å². The number of hydrogen-bond donors (Lipinski definition) is 1. The topological polar surface area (TPSA) is 56.7 Å². The molecule has 2 N–H and O–H groups in total. The maximum absolute atomic E-state index is 5.86. The van der Waals surface area contributed by atoms with Crippen LogP contribution in [-0.4, -0.2) is 20.6 Å². The highest BCUT2D eigenvalue weighted by Crippen LogP contribution is 2.16. The predicted octanol–water partition coefficient (Wildman–Crippen LogP) is 1.89. The molecule has 1 aromatic carbocycles. The van der Waals surface area contributed by atoms with Crippen LogP contribution in [0.1, 0.15) is 18.3 Å². The molecule has 1 heterocycles. The summed E-state index contributed by atoms with van der Waals surface area (Å²) in [5.74, 6) is 7.65. The number of rotatable bonds is 5. The molecule has 2 rings (SSSR count). The molecule has 0 aliphatic heterocycles. The Morgan fingerprint density at radius 2 is 2.00 bits per heavy atom. The molecular weight excluding hydrogens is 232 g/mol. The van der Waals surface area contributed by atoms with Crippen molar-refractivity contribution in [1.82, 2.24) is 14.9 Å². The zero-order chi connectivity index (χ0) is 12.1. The lowest BCUT2D eigenvalue weighted by Gasteiger charge is -2.02. The molecule has 0 aliphatic rings. The highest BCUT2D eigenvalue weighted by Gasteiger charge is 2.07. The number of nitrogens with two attached hydrogens (primary N) is 1. The maximum Gasteiger partial charge on any atom is 0.209 e. The standard InChI is InChI=1S/C12H16N4S/c1-2-11-14-15-12(16(11)13)17-9-8-10-6-4-3-5-7-10/h3-7H,2,8-9,13H2,1H3. The lowest BCUT2D eigenvalue weighted by molar-refractivity contribution is 0.796. The van der Waals surface area contributed by atoms with Gasteiger partial charge in [0.05, 0.1) is 0 Å². The van der Waals surface area contributed by atoms with Crippen LogP contribution < -0.4 is 5.84 Å². The smallest absolute Gasteiger partial charge is 0.209 e. The Bertz CT molecular complexity index is 467. The fourth-order valence-corrected chi connectivity index (χ4v) is 2.41. The van der Waals surface area contributed by atoms with Crippen molar-refractivity contribution in [2.24, 2.45) is 0 Å². The first-order chi connectivity index (χ1) is 8.31. The second-order valence-electron chi connectivity index (χ2n) is 3.71. The Morgan fingerprint density at radius 3 is 2.65 bits per heavy atom. The van der Waals surface area contributed by atoms with Crippen molar-refractivity contribution < 1.29 is 0 Å². The lowest BCUT2D eigenvalue weighted by Crippen LogP contribution is -2.13. The molecule has 1 aromatic heterocycles. The number of aryl methyl sites for hydroxylation is 2. The van der Waals surface area contributed by atoms with Gasteiger partial charge in [0.1, 0.15) is 0 Å². The van der Waals surface area contributed by atoms with Crippen LogP contribution >= 0.6 is 11.8 Å². The molecule has 0 spiro atoms. The van der Waals surface area contributed by atoms with E-state index in [1.807, 2.05) is 13.0 Å². The molecule has 90 valence electrons. The number of hydrogen-bond acceptors (Lipinski definition) is 4. The van der Waals surface area contributed by atoms with Gasteiger partial charge in [-0.25, -0.2) is 4.68 Å². The molecule has 0 bridgehead atoms. The normalized spacial score (nSPS) is 10.6. The summed E-state index contributed by atoms with van der Waals surface area (Å²) in [6.07, 6.45) is 1.82. The first kappa shape index (κ1) is 12.0. The number of aromatic nitrogens is 3. The second kappa shape index (κ2) is 5.72. The fourth-order valence-electron chi connectivity index (χ4n) is 1.55. The summed E-state index contributed by atoms with van der Waals surface area (Å²) in [6.45, 7) is 2.02. The summed E-state index contributed by atoms with van der Waals surface area (Å²) >= 11 is 1.64. The van der Waals surface area contributed by atoms with E-state index in [1.54, 1.807) is 16.4 Å². The first-order valence-electron chi connectivity index (χ1n) is 5.67. The molecule has 0 aliphatic carbocycles. The molecule has 0 fully saturated rings. The lowest BCUT2D eigenvalue weighted by atomic mass is 10.2. The average Bonchev–Trinajstić information content (AvgIpc) is 2.72. The van der Waals surface area contributed by atoms with E-state index in [-0.39, 0.29) is 0 Å². The number of thioether (sulfide) groups is 1. The summed E-state index contributed by atoms with van der Waals surface area (Å²) in [5.41, 5.74) is 1.33. The highest BCUT2D eigenvalue weighted by atomic mass is 32.2. The predicted molar refractivity (Wildman–Crippen MR) is 70.4 cm³/mol. The van der Waals surface area contributed by atoms with Gasteiger partial charge in [0.2, 0.25) is 5.16 Å². The Hall–Kier alpha value is -1.49. The van der Waals surface area contributed by atoms with Gasteiger partial charge in [-0.1, -0.05) is 49.0 Å². The molecule has 4 nitrogen and oxygen atoms in total. The largest absolute Gasteiger partial charge is 0.336 e. The van der Waals surface area contributed by atoms with Gasteiger partial charge >= 0.3 is 0 Å². The van der Waals surface area contributed by atoms with Crippen molar-refractivity contribution in [1.29, 1.82) is 0 Å². The minimum Gasteiger partial charge on any atom is -0.336 e. The molecule has 5 heteroatoms. The van der Waals surface area contributed by atoms with Crippen molar-refractivity contribution in [3.63, 3.8) is 0 Å². The quantitative estimate of drug-likeness (QED) is 0.648. The summed E-state index contributed by atoms with van der Waals surface area (Å²) in [6, 6.07) is 10.4. The van der Waals surface area contributed by atoms with E-state index in [1.165, 1.54) is 5.56 Å². The van der Waals surface area contributed by atoms with Gasteiger partial charge in [-0.15, -0.1) is 10.2 Å². The molecule has 2 aromatic rings. The van der Waals surface area contributed by atoms with Gasteiger partial charge in [-0.2, -0.15) is 0 Å². The monoisotopic (exact) mass is 248 g/mol. The van der Waals surface area contributed by atoms with Crippen molar-refractivity contribution in [3.8, 4) is 0 Å².